The number of aryl methyl sites for hydroxylation is 2. The Bertz CT molecular complexity index is 674. The number of aromatic nitrogens is 3. The number of rotatable bonds is 5. The molecule has 0 atom stereocenters. The summed E-state index contributed by atoms with van der Waals surface area (Å²) in [6.45, 7) is 3.37. The lowest BCUT2D eigenvalue weighted by molar-refractivity contribution is 0.0688. The van der Waals surface area contributed by atoms with Crippen LogP contribution in [0, 0.1) is 12.8 Å². The molecule has 1 aliphatic rings. The van der Waals surface area contributed by atoms with Gasteiger partial charge in [-0.25, -0.2) is 0 Å². The summed E-state index contributed by atoms with van der Waals surface area (Å²) in [6.07, 6.45) is 9.92. The Hall–Kier alpha value is -2.17. The smallest absolute Gasteiger partial charge is 0.272 e. The highest BCUT2D eigenvalue weighted by atomic mass is 16.2. The summed E-state index contributed by atoms with van der Waals surface area (Å²) in [5.74, 6) is 0.680. The highest BCUT2D eigenvalue weighted by molar-refractivity contribution is 5.92. The number of amides is 1. The van der Waals surface area contributed by atoms with E-state index in [0.29, 0.717) is 18.2 Å². The number of pyridine rings is 1. The molecule has 1 saturated carbocycles. The van der Waals surface area contributed by atoms with Crippen LogP contribution in [0.3, 0.4) is 0 Å². The summed E-state index contributed by atoms with van der Waals surface area (Å²) in [5, 5.41) is 4.33. The summed E-state index contributed by atoms with van der Waals surface area (Å²) < 4.78 is 1.69. The van der Waals surface area contributed by atoms with E-state index in [2.05, 4.69) is 10.1 Å². The van der Waals surface area contributed by atoms with Gasteiger partial charge in [-0.3, -0.25) is 14.5 Å². The highest BCUT2D eigenvalue weighted by Gasteiger charge is 2.24. The first-order valence-electron chi connectivity index (χ1n) is 8.82. The molecule has 1 fully saturated rings. The minimum Gasteiger partial charge on any atom is -0.333 e. The molecule has 0 saturated heterocycles. The van der Waals surface area contributed by atoms with Gasteiger partial charge in [0.05, 0.1) is 5.69 Å². The number of nitrogens with zero attached hydrogens (tertiary/aromatic N) is 4. The van der Waals surface area contributed by atoms with Gasteiger partial charge in [-0.05, 0) is 49.4 Å². The zero-order valence-corrected chi connectivity index (χ0v) is 14.6. The molecule has 0 spiro atoms. The second kappa shape index (κ2) is 7.60. The maximum Gasteiger partial charge on any atom is 0.272 e. The molecule has 1 aliphatic carbocycles. The van der Waals surface area contributed by atoms with Crippen molar-refractivity contribution in [3.63, 3.8) is 0 Å². The van der Waals surface area contributed by atoms with E-state index in [1.54, 1.807) is 17.1 Å². The Morgan fingerprint density at radius 2 is 1.96 bits per heavy atom. The Balaban J connectivity index is 1.80. The van der Waals surface area contributed by atoms with Crippen LogP contribution in [0.4, 0.5) is 0 Å². The third kappa shape index (κ3) is 4.02. The first-order chi connectivity index (χ1) is 11.6. The van der Waals surface area contributed by atoms with Gasteiger partial charge in [0.25, 0.3) is 5.91 Å². The molecule has 5 nitrogen and oxygen atoms in total. The Labute approximate surface area is 143 Å². The first kappa shape index (κ1) is 16.7. The minimum absolute atomic E-state index is 0.0699. The number of carbonyl (C=O) groups excluding carboxylic acids is 1. The van der Waals surface area contributed by atoms with E-state index in [1.165, 1.54) is 32.1 Å². The van der Waals surface area contributed by atoms with Gasteiger partial charge in [0, 0.05) is 32.5 Å². The lowest BCUT2D eigenvalue weighted by atomic mass is 9.89. The van der Waals surface area contributed by atoms with Crippen LogP contribution in [-0.2, 0) is 13.6 Å². The molecule has 3 rings (SSSR count). The average molecular weight is 326 g/mol. The van der Waals surface area contributed by atoms with Crippen LogP contribution in [0.1, 0.15) is 53.8 Å². The number of carbonyl (C=O) groups is 1. The molecular formula is C19H26N4O. The van der Waals surface area contributed by atoms with Gasteiger partial charge in [-0.1, -0.05) is 19.3 Å². The monoisotopic (exact) mass is 326 g/mol. The molecular weight excluding hydrogens is 300 g/mol. The summed E-state index contributed by atoms with van der Waals surface area (Å²) in [7, 11) is 1.84. The SMILES string of the molecule is Cc1cc(C(=O)N(Cc2ccncc2)CC2CCCCC2)n(C)n1. The zero-order chi connectivity index (χ0) is 16.9. The van der Waals surface area contributed by atoms with Crippen LogP contribution in [0.25, 0.3) is 0 Å². The maximum absolute atomic E-state index is 13.1. The number of hydrogen-bond donors (Lipinski definition) is 0. The second-order valence-corrected chi connectivity index (χ2v) is 6.84. The normalized spacial score (nSPS) is 15.4. The summed E-state index contributed by atoms with van der Waals surface area (Å²) in [5.41, 5.74) is 2.66. The van der Waals surface area contributed by atoms with Crippen molar-refractivity contribution in [1.82, 2.24) is 19.7 Å². The molecule has 128 valence electrons. The third-order valence-corrected chi connectivity index (χ3v) is 4.83. The average Bonchev–Trinajstić information content (AvgIpc) is 2.94. The van der Waals surface area contributed by atoms with E-state index >= 15 is 0 Å². The molecule has 0 N–H and O–H groups in total. The third-order valence-electron chi connectivity index (χ3n) is 4.83. The molecule has 0 aromatic carbocycles. The summed E-state index contributed by atoms with van der Waals surface area (Å²) in [6, 6.07) is 5.84. The lowest BCUT2D eigenvalue weighted by Gasteiger charge is -2.30. The van der Waals surface area contributed by atoms with Gasteiger partial charge < -0.3 is 4.90 Å². The van der Waals surface area contributed by atoms with Crippen molar-refractivity contribution in [3.8, 4) is 0 Å². The molecule has 0 radical (unpaired) electrons. The molecule has 2 heterocycles. The van der Waals surface area contributed by atoms with Gasteiger partial charge in [0.2, 0.25) is 0 Å². The topological polar surface area (TPSA) is 51.0 Å². The molecule has 1 amide bonds. The Kier molecular flexibility index (Phi) is 5.28. The number of hydrogen-bond acceptors (Lipinski definition) is 3. The van der Waals surface area contributed by atoms with Crippen molar-refractivity contribution in [1.29, 1.82) is 0 Å². The Morgan fingerprint density at radius 3 is 2.58 bits per heavy atom. The molecule has 2 aromatic heterocycles. The van der Waals surface area contributed by atoms with Crippen molar-refractivity contribution in [2.75, 3.05) is 6.54 Å². The van der Waals surface area contributed by atoms with Gasteiger partial charge in [-0.2, -0.15) is 5.10 Å². The maximum atomic E-state index is 13.1. The quantitative estimate of drug-likeness (QED) is 0.846. The van der Waals surface area contributed by atoms with Crippen LogP contribution in [-0.4, -0.2) is 32.1 Å². The van der Waals surface area contributed by atoms with Crippen LogP contribution in [0.2, 0.25) is 0 Å². The van der Waals surface area contributed by atoms with Gasteiger partial charge in [-0.15, -0.1) is 0 Å². The van der Waals surface area contributed by atoms with Gasteiger partial charge in [0.1, 0.15) is 5.69 Å². The highest BCUT2D eigenvalue weighted by Crippen LogP contribution is 2.25. The molecule has 24 heavy (non-hydrogen) atoms. The standard InChI is InChI=1S/C19H26N4O/c1-15-12-18(22(2)21-15)19(24)23(13-16-6-4-3-5-7-16)14-17-8-10-20-11-9-17/h8-12,16H,3-7,13-14H2,1-2H3. The largest absolute Gasteiger partial charge is 0.333 e. The fourth-order valence-electron chi connectivity index (χ4n) is 3.58. The van der Waals surface area contributed by atoms with Crippen molar-refractivity contribution in [3.05, 3.63) is 47.5 Å². The van der Waals surface area contributed by atoms with Crippen molar-refractivity contribution in [2.24, 2.45) is 13.0 Å². The predicted octanol–water partition coefficient (Wildman–Crippen LogP) is 3.35. The van der Waals surface area contributed by atoms with Crippen molar-refractivity contribution in [2.45, 2.75) is 45.6 Å². The van der Waals surface area contributed by atoms with E-state index in [4.69, 9.17) is 0 Å². The van der Waals surface area contributed by atoms with Crippen molar-refractivity contribution >= 4 is 5.91 Å². The van der Waals surface area contributed by atoms with Crippen LogP contribution in [0.15, 0.2) is 30.6 Å². The minimum atomic E-state index is 0.0699. The Morgan fingerprint density at radius 1 is 1.25 bits per heavy atom. The van der Waals surface area contributed by atoms with Gasteiger partial charge >= 0.3 is 0 Å². The van der Waals surface area contributed by atoms with E-state index in [0.717, 1.165) is 17.8 Å². The zero-order valence-electron chi connectivity index (χ0n) is 14.6. The molecule has 0 bridgehead atoms. The van der Waals surface area contributed by atoms with E-state index in [1.807, 2.05) is 37.1 Å². The lowest BCUT2D eigenvalue weighted by Crippen LogP contribution is -2.36. The first-order valence-corrected chi connectivity index (χ1v) is 8.82. The van der Waals surface area contributed by atoms with Gasteiger partial charge in [0.15, 0.2) is 0 Å². The van der Waals surface area contributed by atoms with Crippen LogP contribution >= 0.6 is 0 Å². The fraction of sp³-hybridized carbons (Fsp3) is 0.526. The molecule has 2 aromatic rings. The van der Waals surface area contributed by atoms with Crippen LogP contribution < -0.4 is 0 Å². The summed E-state index contributed by atoms with van der Waals surface area (Å²) >= 11 is 0. The second-order valence-electron chi connectivity index (χ2n) is 6.84. The van der Waals surface area contributed by atoms with E-state index in [-0.39, 0.29) is 5.91 Å². The van der Waals surface area contributed by atoms with Crippen LogP contribution in [0.5, 0.6) is 0 Å². The predicted molar refractivity (Wildman–Crippen MR) is 93.5 cm³/mol. The molecule has 0 unspecified atom stereocenters. The summed E-state index contributed by atoms with van der Waals surface area (Å²) in [4.78, 5) is 19.2. The van der Waals surface area contributed by atoms with E-state index < -0.39 is 0 Å². The fourth-order valence-corrected chi connectivity index (χ4v) is 3.58. The van der Waals surface area contributed by atoms with Crippen molar-refractivity contribution < 1.29 is 4.79 Å². The molecule has 0 aliphatic heterocycles. The van der Waals surface area contributed by atoms with E-state index in [9.17, 15) is 4.79 Å². The molecule has 5 heteroatoms.